The molecule has 1 aliphatic rings. The molecule has 62 heavy (non-hydrogen) atoms. The summed E-state index contributed by atoms with van der Waals surface area (Å²) >= 11 is 1.73. The molecule has 0 aliphatic heterocycles. The van der Waals surface area contributed by atoms with Gasteiger partial charge < -0.3 is 5.73 Å². The van der Waals surface area contributed by atoms with E-state index in [4.69, 9.17) is 20.7 Å². The minimum atomic E-state index is -0.0837. The van der Waals surface area contributed by atoms with Crippen molar-refractivity contribution in [2.75, 3.05) is 0 Å². The van der Waals surface area contributed by atoms with E-state index in [0.29, 0.717) is 11.5 Å². The van der Waals surface area contributed by atoms with Gasteiger partial charge in [-0.3, -0.25) is 4.99 Å². The number of allylic oxidation sites excluding steroid dienone is 5. The van der Waals surface area contributed by atoms with E-state index < -0.39 is 0 Å². The average Bonchev–Trinajstić information content (AvgIpc) is 3.35. The fourth-order valence-electron chi connectivity index (χ4n) is 7.61. The van der Waals surface area contributed by atoms with Gasteiger partial charge in [-0.2, -0.15) is 0 Å². The summed E-state index contributed by atoms with van der Waals surface area (Å²) in [4.78, 5) is 17.6. The van der Waals surface area contributed by atoms with Crippen LogP contribution in [0.2, 0.25) is 0 Å². The van der Waals surface area contributed by atoms with Gasteiger partial charge in [0, 0.05) is 32.2 Å². The van der Waals surface area contributed by atoms with Crippen LogP contribution in [0, 0.1) is 0 Å². The molecule has 1 aromatic heterocycles. The molecule has 7 aromatic carbocycles. The second-order valence-electron chi connectivity index (χ2n) is 15.4. The number of nitrogens with two attached hydrogens (primary N) is 1. The van der Waals surface area contributed by atoms with E-state index in [-0.39, 0.29) is 6.04 Å². The van der Waals surface area contributed by atoms with Gasteiger partial charge in [-0.1, -0.05) is 194 Å². The first-order valence-electron chi connectivity index (χ1n) is 21.1. The Morgan fingerprint density at radius 3 is 1.69 bits per heavy atom. The van der Waals surface area contributed by atoms with Crippen molar-refractivity contribution in [3.63, 3.8) is 0 Å². The van der Waals surface area contributed by atoms with Gasteiger partial charge in [-0.05, 0) is 95.1 Å². The molecule has 1 unspecified atom stereocenters. The van der Waals surface area contributed by atoms with E-state index in [9.17, 15) is 0 Å². The molecule has 1 aliphatic carbocycles. The van der Waals surface area contributed by atoms with Crippen LogP contribution in [-0.4, -0.2) is 15.7 Å². The predicted octanol–water partition coefficient (Wildman–Crippen LogP) is 14.6. The van der Waals surface area contributed by atoms with E-state index in [2.05, 4.69) is 177 Å². The quantitative estimate of drug-likeness (QED) is 0.125. The second kappa shape index (κ2) is 18.9. The maximum Gasteiger partial charge on any atom is 0.160 e. The van der Waals surface area contributed by atoms with Crippen LogP contribution in [0.4, 0.5) is 0 Å². The van der Waals surface area contributed by atoms with Crippen LogP contribution in [0.3, 0.4) is 0 Å². The van der Waals surface area contributed by atoms with Gasteiger partial charge in [0.05, 0.1) is 23.1 Å². The maximum absolute atomic E-state index is 6.74. The van der Waals surface area contributed by atoms with Crippen molar-refractivity contribution in [2.45, 2.75) is 35.6 Å². The predicted molar refractivity (Wildman–Crippen MR) is 261 cm³/mol. The van der Waals surface area contributed by atoms with Gasteiger partial charge in [0.25, 0.3) is 0 Å². The molecule has 0 radical (unpaired) electrons. The van der Waals surface area contributed by atoms with E-state index in [0.717, 1.165) is 73.1 Å². The molecule has 0 saturated carbocycles. The zero-order valence-electron chi connectivity index (χ0n) is 34.6. The largest absolute Gasteiger partial charge is 0.398 e. The molecule has 4 nitrogen and oxygen atoms in total. The highest BCUT2D eigenvalue weighted by atomic mass is 32.2. The monoisotopic (exact) mass is 818 g/mol. The Labute approximate surface area is 369 Å². The van der Waals surface area contributed by atoms with E-state index in [1.54, 1.807) is 11.8 Å². The van der Waals surface area contributed by atoms with Gasteiger partial charge in [0.1, 0.15) is 0 Å². The fourth-order valence-corrected chi connectivity index (χ4v) is 8.42. The molecule has 8 aromatic rings. The molecule has 5 heteroatoms. The first-order chi connectivity index (χ1) is 30.5. The molecule has 0 spiro atoms. The van der Waals surface area contributed by atoms with Gasteiger partial charge in [-0.15, -0.1) is 0 Å². The third-order valence-electron chi connectivity index (χ3n) is 11.1. The Morgan fingerprint density at radius 2 is 1.08 bits per heavy atom. The SMILES string of the molecule is CC(N=C(/C=C(\N)c1ccc(C2=CC=CCC2)cc1)c1ccccc1)c1ccc(Sc2ccc(-c3nc(-c4ccccc4)cc(-c4ccc(-c5ccccc5)cc4)n3)cc2)cc1. The number of hydrogen-bond donors (Lipinski definition) is 1. The zero-order chi connectivity index (χ0) is 42.1. The highest BCUT2D eigenvalue weighted by molar-refractivity contribution is 7.99. The fraction of sp³-hybridized carbons (Fsp3) is 0.0702. The summed E-state index contributed by atoms with van der Waals surface area (Å²) < 4.78 is 0. The van der Waals surface area contributed by atoms with Crippen LogP contribution in [0.25, 0.3) is 56.3 Å². The van der Waals surface area contributed by atoms with Crippen molar-refractivity contribution in [3.8, 4) is 45.0 Å². The molecule has 0 fully saturated rings. The Bertz CT molecular complexity index is 2880. The molecule has 0 saturated heterocycles. The molecule has 0 amide bonds. The van der Waals surface area contributed by atoms with E-state index in [1.165, 1.54) is 22.3 Å². The second-order valence-corrected chi connectivity index (χ2v) is 16.5. The molecule has 1 heterocycles. The number of benzene rings is 7. The third-order valence-corrected chi connectivity index (χ3v) is 12.1. The Morgan fingerprint density at radius 1 is 0.565 bits per heavy atom. The highest BCUT2D eigenvalue weighted by Gasteiger charge is 2.13. The van der Waals surface area contributed by atoms with Crippen LogP contribution in [0.15, 0.2) is 233 Å². The summed E-state index contributed by atoms with van der Waals surface area (Å²) in [5.41, 5.74) is 21.2. The van der Waals surface area contributed by atoms with Crippen LogP contribution < -0.4 is 5.73 Å². The van der Waals surface area contributed by atoms with Crippen molar-refractivity contribution in [1.29, 1.82) is 0 Å². The lowest BCUT2D eigenvalue weighted by molar-refractivity contribution is 0.820. The molecular weight excluding hydrogens is 773 g/mol. The summed E-state index contributed by atoms with van der Waals surface area (Å²) in [5.74, 6) is 0.693. The Balaban J connectivity index is 0.917. The molecular formula is C57H46N4S. The van der Waals surface area contributed by atoms with E-state index in [1.807, 2.05) is 48.5 Å². The zero-order valence-corrected chi connectivity index (χ0v) is 35.4. The minimum absolute atomic E-state index is 0.0837. The molecule has 9 rings (SSSR count). The summed E-state index contributed by atoms with van der Waals surface area (Å²) in [6.45, 7) is 2.13. The van der Waals surface area contributed by atoms with Crippen molar-refractivity contribution in [3.05, 3.63) is 241 Å². The van der Waals surface area contributed by atoms with Crippen LogP contribution in [0.5, 0.6) is 0 Å². The average molecular weight is 819 g/mol. The number of nitrogens with zero attached hydrogens (tertiary/aromatic N) is 3. The normalized spacial score (nSPS) is 13.4. The summed E-state index contributed by atoms with van der Waals surface area (Å²) in [5, 5.41) is 0. The highest BCUT2D eigenvalue weighted by Crippen LogP contribution is 2.33. The van der Waals surface area contributed by atoms with Crippen LogP contribution in [-0.2, 0) is 0 Å². The molecule has 300 valence electrons. The van der Waals surface area contributed by atoms with Crippen LogP contribution >= 0.6 is 11.8 Å². The summed E-state index contributed by atoms with van der Waals surface area (Å²) in [7, 11) is 0. The number of aliphatic imine (C=N–C) groups is 1. The van der Waals surface area contributed by atoms with Gasteiger partial charge in [0.15, 0.2) is 5.82 Å². The first-order valence-corrected chi connectivity index (χ1v) is 21.9. The van der Waals surface area contributed by atoms with Gasteiger partial charge in [-0.25, -0.2) is 9.97 Å². The topological polar surface area (TPSA) is 64.2 Å². The lowest BCUT2D eigenvalue weighted by Crippen LogP contribution is -2.06. The van der Waals surface area contributed by atoms with Crippen LogP contribution in [0.1, 0.15) is 48.1 Å². The lowest BCUT2D eigenvalue weighted by atomic mass is 9.96. The van der Waals surface area contributed by atoms with Gasteiger partial charge >= 0.3 is 0 Å². The smallest absolute Gasteiger partial charge is 0.160 e. The maximum atomic E-state index is 6.74. The molecule has 1 atom stereocenters. The Kier molecular flexibility index (Phi) is 12.2. The van der Waals surface area contributed by atoms with Crippen molar-refractivity contribution in [2.24, 2.45) is 10.7 Å². The van der Waals surface area contributed by atoms with Crippen molar-refractivity contribution >= 4 is 28.7 Å². The van der Waals surface area contributed by atoms with E-state index >= 15 is 0 Å². The molecule has 2 N–H and O–H groups in total. The summed E-state index contributed by atoms with van der Waals surface area (Å²) in [6.07, 6.45) is 10.7. The number of rotatable bonds is 12. The standard InChI is InChI=1S/C57H46N4S/c1-40(59-54(47-18-10-4-11-19-47)38-53(58)46-26-22-44(23-27-46)42-14-6-2-7-15-42)41-30-34-51(35-31-41)62-52-36-32-50(33-37-52)57-60-55(48-20-12-5-13-21-48)39-56(61-57)49-28-24-45(25-29-49)43-16-8-3-9-17-43/h2-6,8-14,16-40H,7,15,58H2,1H3/b53-38-,59-54?. The number of aromatic nitrogens is 2. The third kappa shape index (κ3) is 9.65. The van der Waals surface area contributed by atoms with Crippen molar-refractivity contribution < 1.29 is 0 Å². The first kappa shape index (κ1) is 40.1. The number of hydrogen-bond acceptors (Lipinski definition) is 5. The summed E-state index contributed by atoms with van der Waals surface area (Å²) in [6, 6.07) is 67.4. The van der Waals surface area contributed by atoms with Crippen molar-refractivity contribution in [1.82, 2.24) is 9.97 Å². The lowest BCUT2D eigenvalue weighted by Gasteiger charge is -2.13. The molecule has 0 bridgehead atoms. The van der Waals surface area contributed by atoms with Gasteiger partial charge in [0.2, 0.25) is 0 Å². The minimum Gasteiger partial charge on any atom is -0.398 e. The Hall–Kier alpha value is -7.34.